The van der Waals surface area contributed by atoms with Gasteiger partial charge in [-0.2, -0.15) is 5.10 Å². The SMILES string of the molecule is CCOc1c(C(C)n2nc(I)c3c(N)ncnc32)cc(Cl)c(C)c1-c1ccc(C(O)N(C)C)nc1. The maximum Gasteiger partial charge on any atom is 0.165 e. The molecule has 184 valence electrons. The van der Waals surface area contributed by atoms with Gasteiger partial charge in [-0.1, -0.05) is 17.7 Å². The van der Waals surface area contributed by atoms with Gasteiger partial charge in [-0.3, -0.25) is 9.88 Å². The van der Waals surface area contributed by atoms with Gasteiger partial charge in [0.1, 0.15) is 27.8 Å². The number of nitrogens with two attached hydrogens (primary N) is 1. The van der Waals surface area contributed by atoms with Crippen LogP contribution in [-0.2, 0) is 0 Å². The molecule has 0 aliphatic heterocycles. The van der Waals surface area contributed by atoms with Crippen molar-refractivity contribution < 1.29 is 9.84 Å². The number of aromatic nitrogens is 5. The first-order valence-corrected chi connectivity index (χ1v) is 12.5. The first-order valence-electron chi connectivity index (χ1n) is 11.1. The van der Waals surface area contributed by atoms with E-state index in [4.69, 9.17) is 27.2 Å². The fourth-order valence-electron chi connectivity index (χ4n) is 4.03. The number of fused-ring (bicyclic) bond motifs is 1. The van der Waals surface area contributed by atoms with Crippen molar-refractivity contribution in [3.63, 3.8) is 0 Å². The van der Waals surface area contributed by atoms with E-state index in [-0.39, 0.29) is 6.04 Å². The van der Waals surface area contributed by atoms with Crippen LogP contribution >= 0.6 is 34.2 Å². The number of pyridine rings is 1. The molecule has 3 N–H and O–H groups in total. The number of ether oxygens (including phenoxy) is 1. The highest BCUT2D eigenvalue weighted by atomic mass is 127. The number of aliphatic hydroxyl groups excluding tert-OH is 1. The fourth-order valence-corrected chi connectivity index (χ4v) is 4.99. The summed E-state index contributed by atoms with van der Waals surface area (Å²) < 4.78 is 8.75. The Morgan fingerprint density at radius 2 is 2.00 bits per heavy atom. The molecule has 4 aromatic rings. The summed E-state index contributed by atoms with van der Waals surface area (Å²) in [6.07, 6.45) is 2.37. The Balaban J connectivity index is 1.90. The van der Waals surface area contributed by atoms with Gasteiger partial charge >= 0.3 is 0 Å². The molecule has 4 rings (SSSR count). The number of nitrogen functional groups attached to an aromatic ring is 1. The molecule has 35 heavy (non-hydrogen) atoms. The summed E-state index contributed by atoms with van der Waals surface area (Å²) in [7, 11) is 3.59. The normalized spacial score (nSPS) is 13.4. The lowest BCUT2D eigenvalue weighted by Gasteiger charge is -2.23. The zero-order valence-electron chi connectivity index (χ0n) is 20.1. The predicted octanol–water partition coefficient (Wildman–Crippen LogP) is 4.60. The molecule has 0 bridgehead atoms. The third kappa shape index (κ3) is 4.67. The predicted molar refractivity (Wildman–Crippen MR) is 146 cm³/mol. The standard InChI is InChI=1S/C24H27ClIN7O2/c1-6-35-20-15(13(3)33-23-19(21(26)31-33)22(27)29-11-30-23)9-16(25)12(2)18(20)14-7-8-17(28-10-14)24(34)32(4)5/h7-11,13,24,34H,6H2,1-5H3,(H2,27,29,30). The molecule has 2 unspecified atom stereocenters. The number of aliphatic hydroxyl groups is 1. The maximum absolute atomic E-state index is 10.3. The maximum atomic E-state index is 10.3. The quantitative estimate of drug-likeness (QED) is 0.232. The van der Waals surface area contributed by atoms with E-state index < -0.39 is 6.23 Å². The van der Waals surface area contributed by atoms with E-state index in [0.29, 0.717) is 34.5 Å². The zero-order valence-corrected chi connectivity index (χ0v) is 23.0. The van der Waals surface area contributed by atoms with Gasteiger partial charge in [0.05, 0.1) is 23.7 Å². The molecule has 9 nitrogen and oxygen atoms in total. The molecule has 0 aliphatic carbocycles. The van der Waals surface area contributed by atoms with E-state index >= 15 is 0 Å². The number of halogens is 2. The lowest BCUT2D eigenvalue weighted by atomic mass is 9.94. The number of benzene rings is 1. The third-order valence-electron chi connectivity index (χ3n) is 5.91. The summed E-state index contributed by atoms with van der Waals surface area (Å²) >= 11 is 8.89. The van der Waals surface area contributed by atoms with Crippen LogP contribution in [0.3, 0.4) is 0 Å². The van der Waals surface area contributed by atoms with Crippen molar-refractivity contribution in [1.82, 2.24) is 29.6 Å². The van der Waals surface area contributed by atoms with Crippen LogP contribution in [-0.4, -0.2) is 55.4 Å². The lowest BCUT2D eigenvalue weighted by Crippen LogP contribution is -2.20. The highest BCUT2D eigenvalue weighted by Crippen LogP contribution is 2.43. The second kappa shape index (κ2) is 10.2. The Labute approximate surface area is 222 Å². The third-order valence-corrected chi connectivity index (χ3v) is 7.06. The highest BCUT2D eigenvalue weighted by Gasteiger charge is 2.26. The van der Waals surface area contributed by atoms with Crippen LogP contribution in [0, 0.1) is 10.6 Å². The van der Waals surface area contributed by atoms with E-state index in [0.717, 1.165) is 31.3 Å². The van der Waals surface area contributed by atoms with E-state index in [1.54, 1.807) is 25.2 Å². The highest BCUT2D eigenvalue weighted by molar-refractivity contribution is 14.1. The van der Waals surface area contributed by atoms with E-state index in [2.05, 4.69) is 37.5 Å². The monoisotopic (exact) mass is 607 g/mol. The van der Waals surface area contributed by atoms with Crippen LogP contribution < -0.4 is 10.5 Å². The molecule has 1 aromatic carbocycles. The molecule has 0 saturated carbocycles. The van der Waals surface area contributed by atoms with Crippen LogP contribution in [0.15, 0.2) is 30.7 Å². The van der Waals surface area contributed by atoms with Crippen molar-refractivity contribution >= 4 is 51.0 Å². The largest absolute Gasteiger partial charge is 0.493 e. The molecule has 0 aliphatic rings. The van der Waals surface area contributed by atoms with Crippen molar-refractivity contribution in [3.05, 3.63) is 56.3 Å². The number of hydrogen-bond donors (Lipinski definition) is 2. The molecule has 3 aromatic heterocycles. The lowest BCUT2D eigenvalue weighted by molar-refractivity contribution is 0.0358. The minimum atomic E-state index is -0.795. The van der Waals surface area contributed by atoms with Crippen molar-refractivity contribution in [1.29, 1.82) is 0 Å². The Hall–Kier alpha value is -2.54. The Kier molecular flexibility index (Phi) is 7.46. The summed E-state index contributed by atoms with van der Waals surface area (Å²) in [6, 6.07) is 5.38. The summed E-state index contributed by atoms with van der Waals surface area (Å²) in [5.41, 5.74) is 10.7. The molecule has 0 saturated heterocycles. The van der Waals surface area contributed by atoms with E-state index in [1.165, 1.54) is 6.33 Å². The molecular formula is C24H27ClIN7O2. The van der Waals surface area contributed by atoms with Gasteiger partial charge in [-0.25, -0.2) is 14.6 Å². The Morgan fingerprint density at radius 3 is 2.63 bits per heavy atom. The van der Waals surface area contributed by atoms with Crippen LogP contribution in [0.4, 0.5) is 5.82 Å². The summed E-state index contributed by atoms with van der Waals surface area (Å²) in [6.45, 7) is 6.38. The topological polar surface area (TPSA) is 115 Å². The van der Waals surface area contributed by atoms with E-state index in [1.807, 2.05) is 43.7 Å². The van der Waals surface area contributed by atoms with Gasteiger partial charge in [-0.15, -0.1) is 0 Å². The average Bonchev–Trinajstić information content (AvgIpc) is 3.18. The minimum absolute atomic E-state index is 0.267. The molecule has 0 fully saturated rings. The number of nitrogens with zero attached hydrogens (tertiary/aromatic N) is 6. The fraction of sp³-hybridized carbons (Fsp3) is 0.333. The Bertz CT molecular complexity index is 1380. The average molecular weight is 608 g/mol. The molecule has 3 heterocycles. The van der Waals surface area contributed by atoms with Crippen LogP contribution in [0.1, 0.15) is 42.9 Å². The van der Waals surface area contributed by atoms with Gasteiger partial charge in [0.25, 0.3) is 0 Å². The van der Waals surface area contributed by atoms with Gasteiger partial charge < -0.3 is 15.6 Å². The van der Waals surface area contributed by atoms with Crippen LogP contribution in [0.25, 0.3) is 22.2 Å². The van der Waals surface area contributed by atoms with Gasteiger partial charge in [-0.05, 0) is 75.2 Å². The smallest absolute Gasteiger partial charge is 0.165 e. The summed E-state index contributed by atoms with van der Waals surface area (Å²) in [5, 5.41) is 16.4. The Morgan fingerprint density at radius 1 is 1.26 bits per heavy atom. The number of anilines is 1. The first kappa shape index (κ1) is 25.5. The second-order valence-electron chi connectivity index (χ2n) is 8.39. The van der Waals surface area contributed by atoms with Crippen LogP contribution in [0.5, 0.6) is 5.75 Å². The van der Waals surface area contributed by atoms with Crippen molar-refractivity contribution in [2.75, 3.05) is 26.4 Å². The summed E-state index contributed by atoms with van der Waals surface area (Å²) in [4.78, 5) is 14.7. The van der Waals surface area contributed by atoms with E-state index in [9.17, 15) is 5.11 Å². The first-order chi connectivity index (χ1) is 16.6. The molecule has 11 heteroatoms. The molecule has 0 spiro atoms. The molecule has 2 atom stereocenters. The van der Waals surface area contributed by atoms with Crippen molar-refractivity contribution in [3.8, 4) is 16.9 Å². The number of hydrogen-bond acceptors (Lipinski definition) is 8. The number of rotatable bonds is 7. The zero-order chi connectivity index (χ0) is 25.4. The van der Waals surface area contributed by atoms with Crippen molar-refractivity contribution in [2.45, 2.75) is 33.0 Å². The molecule has 0 amide bonds. The second-order valence-corrected chi connectivity index (χ2v) is 9.82. The summed E-state index contributed by atoms with van der Waals surface area (Å²) in [5.74, 6) is 1.09. The molecular weight excluding hydrogens is 581 g/mol. The van der Waals surface area contributed by atoms with Crippen molar-refractivity contribution in [2.24, 2.45) is 0 Å². The van der Waals surface area contributed by atoms with Gasteiger partial charge in [0.15, 0.2) is 5.65 Å². The van der Waals surface area contributed by atoms with Gasteiger partial charge in [0.2, 0.25) is 0 Å². The molecule has 0 radical (unpaired) electrons. The minimum Gasteiger partial charge on any atom is -0.493 e. The van der Waals surface area contributed by atoms with Gasteiger partial charge in [0, 0.05) is 27.9 Å². The van der Waals surface area contributed by atoms with Crippen LogP contribution in [0.2, 0.25) is 5.02 Å².